The molecule has 1 heterocycles. The van der Waals surface area contributed by atoms with Gasteiger partial charge in [0.25, 0.3) is 11.8 Å². The Morgan fingerprint density at radius 2 is 2.16 bits per heavy atom. The first-order valence-electron chi connectivity index (χ1n) is 6.04. The SMILES string of the molecule is CCC(C)NC(=O)c1cn(CC)nc1OS(C)(=O)=O. The third-order valence-corrected chi connectivity index (χ3v) is 2.98. The second kappa shape index (κ2) is 6.05. The topological polar surface area (TPSA) is 90.3 Å². The van der Waals surface area contributed by atoms with E-state index in [1.54, 1.807) is 0 Å². The molecule has 108 valence electrons. The molecule has 1 amide bonds. The van der Waals surface area contributed by atoms with Crippen LogP contribution in [0.1, 0.15) is 37.6 Å². The standard InChI is InChI=1S/C11H19N3O4S/c1-5-8(3)12-10(15)9-7-14(6-2)13-11(9)18-19(4,16)17/h7-8H,5-6H2,1-4H3,(H,12,15). The molecule has 0 aromatic carbocycles. The molecule has 1 unspecified atom stereocenters. The number of nitrogens with zero attached hydrogens (tertiary/aromatic N) is 2. The van der Waals surface area contributed by atoms with Crippen molar-refractivity contribution >= 4 is 16.0 Å². The van der Waals surface area contributed by atoms with Crippen molar-refractivity contribution in [1.82, 2.24) is 15.1 Å². The summed E-state index contributed by atoms with van der Waals surface area (Å²) in [5, 5.41) is 6.67. The molecule has 0 bridgehead atoms. The van der Waals surface area contributed by atoms with Crippen LogP contribution in [0.2, 0.25) is 0 Å². The Morgan fingerprint density at radius 1 is 1.53 bits per heavy atom. The molecule has 1 rings (SSSR count). The Kier molecular flexibility index (Phi) is 4.93. The highest BCUT2D eigenvalue weighted by Gasteiger charge is 2.21. The van der Waals surface area contributed by atoms with Gasteiger partial charge >= 0.3 is 10.1 Å². The summed E-state index contributed by atoms with van der Waals surface area (Å²) in [5.74, 6) is -0.585. The smallest absolute Gasteiger partial charge is 0.307 e. The van der Waals surface area contributed by atoms with E-state index in [9.17, 15) is 13.2 Å². The lowest BCUT2D eigenvalue weighted by Crippen LogP contribution is -2.32. The van der Waals surface area contributed by atoms with Crippen LogP contribution in [0, 0.1) is 0 Å². The summed E-state index contributed by atoms with van der Waals surface area (Å²) in [6.07, 6.45) is 3.16. The van der Waals surface area contributed by atoms with Crippen LogP contribution in [0.4, 0.5) is 0 Å². The highest BCUT2D eigenvalue weighted by atomic mass is 32.2. The quantitative estimate of drug-likeness (QED) is 0.781. The predicted molar refractivity (Wildman–Crippen MR) is 70.6 cm³/mol. The van der Waals surface area contributed by atoms with Crippen molar-refractivity contribution in [3.63, 3.8) is 0 Å². The summed E-state index contributed by atoms with van der Waals surface area (Å²) >= 11 is 0. The van der Waals surface area contributed by atoms with E-state index < -0.39 is 16.0 Å². The van der Waals surface area contributed by atoms with Gasteiger partial charge in [0, 0.05) is 18.8 Å². The number of nitrogens with one attached hydrogen (secondary N) is 1. The molecule has 1 N–H and O–H groups in total. The average molecular weight is 289 g/mol. The van der Waals surface area contributed by atoms with Crippen LogP contribution in [-0.4, -0.2) is 36.4 Å². The number of carbonyl (C=O) groups excluding carboxylic acids is 1. The number of aryl methyl sites for hydroxylation is 1. The average Bonchev–Trinajstić information content (AvgIpc) is 2.69. The van der Waals surface area contributed by atoms with Gasteiger partial charge in [-0.15, -0.1) is 5.10 Å². The van der Waals surface area contributed by atoms with E-state index in [4.69, 9.17) is 4.18 Å². The lowest BCUT2D eigenvalue weighted by molar-refractivity contribution is 0.0937. The van der Waals surface area contributed by atoms with Gasteiger partial charge in [0.15, 0.2) is 0 Å². The van der Waals surface area contributed by atoms with Crippen LogP contribution in [0.15, 0.2) is 6.20 Å². The van der Waals surface area contributed by atoms with Crippen LogP contribution in [-0.2, 0) is 16.7 Å². The van der Waals surface area contributed by atoms with E-state index in [0.717, 1.165) is 12.7 Å². The van der Waals surface area contributed by atoms with E-state index in [-0.39, 0.29) is 17.5 Å². The molecule has 0 radical (unpaired) electrons. The molecule has 0 saturated heterocycles. The Bertz CT molecular complexity index is 550. The maximum absolute atomic E-state index is 12.0. The number of rotatable bonds is 6. The summed E-state index contributed by atoms with van der Waals surface area (Å²) in [6.45, 7) is 6.14. The molecule has 7 nitrogen and oxygen atoms in total. The molecule has 8 heteroatoms. The van der Waals surface area contributed by atoms with Crippen molar-refractivity contribution in [1.29, 1.82) is 0 Å². The molecule has 1 aromatic rings. The minimum Gasteiger partial charge on any atom is -0.359 e. The zero-order valence-corrected chi connectivity index (χ0v) is 12.3. The first-order valence-corrected chi connectivity index (χ1v) is 7.86. The fraction of sp³-hybridized carbons (Fsp3) is 0.636. The van der Waals surface area contributed by atoms with Crippen LogP contribution in [0.25, 0.3) is 0 Å². The van der Waals surface area contributed by atoms with Crippen LogP contribution in [0.5, 0.6) is 5.88 Å². The van der Waals surface area contributed by atoms with Gasteiger partial charge in [0.05, 0.1) is 6.26 Å². The van der Waals surface area contributed by atoms with Gasteiger partial charge in [0.2, 0.25) is 0 Å². The third kappa shape index (κ3) is 4.55. The van der Waals surface area contributed by atoms with Crippen molar-refractivity contribution < 1.29 is 17.4 Å². The number of aromatic nitrogens is 2. The Balaban J connectivity index is 3.04. The second-order valence-electron chi connectivity index (χ2n) is 4.27. The molecular formula is C11H19N3O4S. The number of amides is 1. The van der Waals surface area contributed by atoms with Crippen molar-refractivity contribution in [2.24, 2.45) is 0 Å². The zero-order valence-electron chi connectivity index (χ0n) is 11.5. The summed E-state index contributed by atoms with van der Waals surface area (Å²) in [6, 6.07) is -0.0106. The molecule has 0 aliphatic rings. The largest absolute Gasteiger partial charge is 0.359 e. The van der Waals surface area contributed by atoms with Gasteiger partial charge in [0.1, 0.15) is 5.56 Å². The summed E-state index contributed by atoms with van der Waals surface area (Å²) in [7, 11) is -3.72. The maximum Gasteiger partial charge on any atom is 0.307 e. The van der Waals surface area contributed by atoms with Crippen LogP contribution in [0.3, 0.4) is 0 Å². The van der Waals surface area contributed by atoms with Gasteiger partial charge in [-0.2, -0.15) is 8.42 Å². The van der Waals surface area contributed by atoms with Gasteiger partial charge < -0.3 is 9.50 Å². The lowest BCUT2D eigenvalue weighted by atomic mass is 10.2. The summed E-state index contributed by atoms with van der Waals surface area (Å²) in [5.41, 5.74) is 0.118. The number of carbonyl (C=O) groups is 1. The molecule has 19 heavy (non-hydrogen) atoms. The minimum absolute atomic E-state index is 0.0106. The molecule has 0 fully saturated rings. The lowest BCUT2D eigenvalue weighted by Gasteiger charge is -2.10. The van der Waals surface area contributed by atoms with E-state index in [1.807, 2.05) is 20.8 Å². The molecule has 0 spiro atoms. The normalized spacial score (nSPS) is 13.1. The van der Waals surface area contributed by atoms with Crippen molar-refractivity contribution in [2.75, 3.05) is 6.26 Å². The van der Waals surface area contributed by atoms with E-state index in [2.05, 4.69) is 10.4 Å². The van der Waals surface area contributed by atoms with E-state index >= 15 is 0 Å². The van der Waals surface area contributed by atoms with E-state index in [0.29, 0.717) is 6.54 Å². The van der Waals surface area contributed by atoms with Gasteiger partial charge in [-0.1, -0.05) is 6.92 Å². The molecule has 0 saturated carbocycles. The molecule has 0 aliphatic heterocycles. The summed E-state index contributed by atoms with van der Waals surface area (Å²) in [4.78, 5) is 12.0. The number of hydrogen-bond donors (Lipinski definition) is 1. The van der Waals surface area contributed by atoms with Crippen LogP contribution < -0.4 is 9.50 Å². The van der Waals surface area contributed by atoms with Crippen molar-refractivity contribution in [3.8, 4) is 5.88 Å². The van der Waals surface area contributed by atoms with Crippen molar-refractivity contribution in [3.05, 3.63) is 11.8 Å². The van der Waals surface area contributed by atoms with Crippen molar-refractivity contribution in [2.45, 2.75) is 39.8 Å². The fourth-order valence-corrected chi connectivity index (χ4v) is 1.74. The Labute approximate surface area is 113 Å². The predicted octanol–water partition coefficient (Wildman–Crippen LogP) is 0.770. The fourth-order valence-electron chi connectivity index (χ4n) is 1.33. The Hall–Kier alpha value is -1.57. The molecule has 1 aromatic heterocycles. The van der Waals surface area contributed by atoms with Crippen LogP contribution >= 0.6 is 0 Å². The van der Waals surface area contributed by atoms with Gasteiger partial charge in [-0.25, -0.2) is 0 Å². The number of hydrogen-bond acceptors (Lipinski definition) is 5. The molecule has 1 atom stereocenters. The zero-order chi connectivity index (χ0) is 14.6. The maximum atomic E-state index is 12.0. The highest BCUT2D eigenvalue weighted by Crippen LogP contribution is 2.18. The first kappa shape index (κ1) is 15.5. The minimum atomic E-state index is -3.72. The molecular weight excluding hydrogens is 270 g/mol. The van der Waals surface area contributed by atoms with Gasteiger partial charge in [-0.3, -0.25) is 9.48 Å². The molecule has 0 aliphatic carbocycles. The Morgan fingerprint density at radius 3 is 2.63 bits per heavy atom. The first-order chi connectivity index (χ1) is 8.76. The van der Waals surface area contributed by atoms with Gasteiger partial charge in [-0.05, 0) is 20.3 Å². The van der Waals surface area contributed by atoms with E-state index in [1.165, 1.54) is 10.9 Å². The monoisotopic (exact) mass is 289 g/mol. The highest BCUT2D eigenvalue weighted by molar-refractivity contribution is 7.86. The second-order valence-corrected chi connectivity index (χ2v) is 5.85. The summed E-state index contributed by atoms with van der Waals surface area (Å²) < 4.78 is 28.5. The third-order valence-electron chi connectivity index (χ3n) is 2.52.